The zero-order valence-corrected chi connectivity index (χ0v) is 12.2. The molecule has 112 valence electrons. The van der Waals surface area contributed by atoms with Crippen LogP contribution in [0.4, 0.5) is 0 Å². The second-order valence-corrected chi connectivity index (χ2v) is 5.74. The molecule has 1 aromatic rings. The third-order valence-corrected chi connectivity index (χ3v) is 4.20. The van der Waals surface area contributed by atoms with Crippen molar-refractivity contribution in [1.29, 1.82) is 0 Å². The van der Waals surface area contributed by atoms with E-state index in [-0.39, 0.29) is 12.5 Å². The van der Waals surface area contributed by atoms with Crippen molar-refractivity contribution in [3.05, 3.63) is 18.2 Å². The van der Waals surface area contributed by atoms with Gasteiger partial charge in [-0.1, -0.05) is 0 Å². The monoisotopic (exact) mass is 279 g/mol. The second-order valence-electron chi connectivity index (χ2n) is 5.74. The third-order valence-electron chi connectivity index (χ3n) is 4.20. The lowest BCUT2D eigenvalue weighted by Gasteiger charge is -2.27. The van der Waals surface area contributed by atoms with E-state index in [1.807, 2.05) is 13.1 Å². The molecule has 2 N–H and O–H groups in total. The van der Waals surface area contributed by atoms with Crippen molar-refractivity contribution in [2.75, 3.05) is 6.61 Å². The summed E-state index contributed by atoms with van der Waals surface area (Å²) in [4.78, 5) is 16.1. The summed E-state index contributed by atoms with van der Waals surface area (Å²) in [7, 11) is 0. The molecule has 0 atom stereocenters. The largest absolute Gasteiger partial charge is 0.396 e. The minimum Gasteiger partial charge on any atom is -0.396 e. The number of carbonyl (C=O) groups is 1. The maximum absolute atomic E-state index is 11.9. The van der Waals surface area contributed by atoms with E-state index in [1.165, 1.54) is 0 Å². The molecule has 1 heterocycles. The molecule has 5 nitrogen and oxygen atoms in total. The Hall–Kier alpha value is -1.36. The Morgan fingerprint density at radius 2 is 2.20 bits per heavy atom. The Morgan fingerprint density at radius 3 is 2.80 bits per heavy atom. The van der Waals surface area contributed by atoms with Crippen molar-refractivity contribution in [3.63, 3.8) is 0 Å². The first-order chi connectivity index (χ1) is 9.69. The van der Waals surface area contributed by atoms with Crippen LogP contribution in [0.25, 0.3) is 0 Å². The van der Waals surface area contributed by atoms with Crippen LogP contribution in [0.5, 0.6) is 0 Å². The number of hydrogen-bond donors (Lipinski definition) is 2. The zero-order valence-electron chi connectivity index (χ0n) is 12.2. The van der Waals surface area contributed by atoms with Gasteiger partial charge in [0.15, 0.2) is 0 Å². The van der Waals surface area contributed by atoms with Gasteiger partial charge in [-0.25, -0.2) is 4.98 Å². The summed E-state index contributed by atoms with van der Waals surface area (Å²) in [5.41, 5.74) is 0. The molecule has 0 aliphatic heterocycles. The maximum Gasteiger partial charge on any atom is 0.220 e. The number of aromatic nitrogens is 2. The molecule has 0 spiro atoms. The van der Waals surface area contributed by atoms with Crippen molar-refractivity contribution in [2.45, 2.75) is 58.0 Å². The lowest BCUT2D eigenvalue weighted by atomic mass is 9.86. The average Bonchev–Trinajstić information content (AvgIpc) is 2.85. The van der Waals surface area contributed by atoms with Crippen molar-refractivity contribution in [1.82, 2.24) is 14.9 Å². The molecular weight excluding hydrogens is 254 g/mol. The Morgan fingerprint density at radius 1 is 1.45 bits per heavy atom. The number of nitrogens with zero attached hydrogens (tertiary/aromatic N) is 2. The average molecular weight is 279 g/mol. The highest BCUT2D eigenvalue weighted by molar-refractivity contribution is 5.76. The highest BCUT2D eigenvalue weighted by Gasteiger charge is 2.21. The first-order valence-corrected chi connectivity index (χ1v) is 7.57. The minimum atomic E-state index is 0.148. The maximum atomic E-state index is 11.9. The Balaban J connectivity index is 1.62. The fourth-order valence-electron chi connectivity index (χ4n) is 2.84. The van der Waals surface area contributed by atoms with Crippen LogP contribution in [-0.2, 0) is 11.3 Å². The Bertz CT molecular complexity index is 423. The second kappa shape index (κ2) is 7.43. The number of rotatable bonds is 6. The van der Waals surface area contributed by atoms with Gasteiger partial charge in [-0.15, -0.1) is 0 Å². The summed E-state index contributed by atoms with van der Waals surface area (Å²) in [6.07, 6.45) is 9.19. The molecule has 1 fully saturated rings. The fourth-order valence-corrected chi connectivity index (χ4v) is 2.84. The highest BCUT2D eigenvalue weighted by Crippen LogP contribution is 2.23. The molecule has 1 aliphatic carbocycles. The van der Waals surface area contributed by atoms with Gasteiger partial charge in [-0.3, -0.25) is 4.79 Å². The van der Waals surface area contributed by atoms with Gasteiger partial charge in [0.25, 0.3) is 0 Å². The first-order valence-electron chi connectivity index (χ1n) is 7.57. The van der Waals surface area contributed by atoms with Gasteiger partial charge in [0.05, 0.1) is 0 Å². The van der Waals surface area contributed by atoms with Crippen LogP contribution in [0.15, 0.2) is 12.4 Å². The van der Waals surface area contributed by atoms with Crippen LogP contribution in [0.2, 0.25) is 0 Å². The van der Waals surface area contributed by atoms with Crippen LogP contribution in [-0.4, -0.2) is 33.2 Å². The number of aliphatic hydroxyl groups is 1. The highest BCUT2D eigenvalue weighted by atomic mass is 16.3. The minimum absolute atomic E-state index is 0.148. The van der Waals surface area contributed by atoms with Gasteiger partial charge >= 0.3 is 0 Å². The van der Waals surface area contributed by atoms with Crippen LogP contribution < -0.4 is 5.32 Å². The van der Waals surface area contributed by atoms with Crippen molar-refractivity contribution in [3.8, 4) is 0 Å². The molecule has 1 aliphatic rings. The summed E-state index contributed by atoms with van der Waals surface area (Å²) in [5, 5.41) is 12.2. The number of carbonyl (C=O) groups excluding carboxylic acids is 1. The molecule has 1 saturated carbocycles. The van der Waals surface area contributed by atoms with E-state index < -0.39 is 0 Å². The number of imidazole rings is 1. The third kappa shape index (κ3) is 4.34. The van der Waals surface area contributed by atoms with Crippen LogP contribution in [0.1, 0.15) is 44.3 Å². The van der Waals surface area contributed by atoms with Crippen LogP contribution in [0.3, 0.4) is 0 Å². The molecule has 20 heavy (non-hydrogen) atoms. The van der Waals surface area contributed by atoms with Crippen LogP contribution >= 0.6 is 0 Å². The SMILES string of the molecule is Cc1nccn1CCCC(=O)NC1CCC(CO)CC1. The molecule has 1 amide bonds. The number of hydrogen-bond acceptors (Lipinski definition) is 3. The van der Waals surface area contributed by atoms with E-state index in [0.717, 1.165) is 44.5 Å². The van der Waals surface area contributed by atoms with Crippen LogP contribution in [0, 0.1) is 12.8 Å². The molecule has 5 heteroatoms. The Labute approximate surface area is 120 Å². The number of nitrogens with one attached hydrogen (secondary N) is 1. The molecule has 0 saturated heterocycles. The molecule has 1 aromatic heterocycles. The zero-order chi connectivity index (χ0) is 14.4. The van der Waals surface area contributed by atoms with Gasteiger partial charge in [0.1, 0.15) is 5.82 Å². The molecular formula is C15H25N3O2. The Kier molecular flexibility index (Phi) is 5.59. The summed E-state index contributed by atoms with van der Waals surface area (Å²) >= 11 is 0. The van der Waals surface area contributed by atoms with E-state index in [1.54, 1.807) is 6.20 Å². The van der Waals surface area contributed by atoms with Gasteiger partial charge in [0.2, 0.25) is 5.91 Å². The number of aryl methyl sites for hydroxylation is 2. The van der Waals surface area contributed by atoms with E-state index in [4.69, 9.17) is 5.11 Å². The van der Waals surface area contributed by atoms with Crippen molar-refractivity contribution in [2.24, 2.45) is 5.92 Å². The quantitative estimate of drug-likeness (QED) is 0.832. The molecule has 0 aromatic carbocycles. The van der Waals surface area contributed by atoms with Gasteiger partial charge in [0, 0.05) is 38.0 Å². The first kappa shape index (κ1) is 15.0. The van der Waals surface area contributed by atoms with Crippen molar-refractivity contribution < 1.29 is 9.90 Å². The van der Waals surface area contributed by atoms with E-state index >= 15 is 0 Å². The van der Waals surface area contributed by atoms with E-state index in [0.29, 0.717) is 18.4 Å². The van der Waals surface area contributed by atoms with Gasteiger partial charge in [-0.05, 0) is 44.9 Å². The van der Waals surface area contributed by atoms with Crippen molar-refractivity contribution >= 4 is 5.91 Å². The lowest BCUT2D eigenvalue weighted by molar-refractivity contribution is -0.122. The lowest BCUT2D eigenvalue weighted by Crippen LogP contribution is -2.38. The summed E-state index contributed by atoms with van der Waals surface area (Å²) in [6, 6.07) is 0.306. The normalized spacial score (nSPS) is 22.7. The summed E-state index contributed by atoms with van der Waals surface area (Å²) in [5.74, 6) is 1.58. The van der Waals surface area contributed by atoms with Gasteiger partial charge < -0.3 is 15.0 Å². The number of aliphatic hydroxyl groups excluding tert-OH is 1. The smallest absolute Gasteiger partial charge is 0.220 e. The van der Waals surface area contributed by atoms with E-state index in [9.17, 15) is 4.79 Å². The predicted molar refractivity (Wildman–Crippen MR) is 77.2 cm³/mol. The van der Waals surface area contributed by atoms with E-state index in [2.05, 4.69) is 14.9 Å². The van der Waals surface area contributed by atoms with Gasteiger partial charge in [-0.2, -0.15) is 0 Å². The molecule has 0 bridgehead atoms. The standard InChI is InChI=1S/C15H25N3O2/c1-12-16-8-10-18(12)9-2-3-15(20)17-14-6-4-13(11-19)5-7-14/h8,10,13-14,19H,2-7,9,11H2,1H3,(H,17,20). The molecule has 0 unspecified atom stereocenters. The molecule has 0 radical (unpaired) electrons. The summed E-state index contributed by atoms with van der Waals surface area (Å²) < 4.78 is 2.07. The molecule has 2 rings (SSSR count). The summed E-state index contributed by atoms with van der Waals surface area (Å²) in [6.45, 7) is 3.10. The predicted octanol–water partition coefficient (Wildman–Crippen LogP) is 1.64. The topological polar surface area (TPSA) is 67.2 Å². The number of amides is 1. The fraction of sp³-hybridized carbons (Fsp3) is 0.733.